The Bertz CT molecular complexity index is 1240. The fraction of sp³-hybridized carbons (Fsp3) is 0.241. The van der Waals surface area contributed by atoms with Crippen molar-refractivity contribution in [3.05, 3.63) is 100 Å². The lowest BCUT2D eigenvalue weighted by atomic mass is 10.1. The van der Waals surface area contributed by atoms with Gasteiger partial charge in [0.1, 0.15) is 5.82 Å². The van der Waals surface area contributed by atoms with Gasteiger partial charge in [0.2, 0.25) is 0 Å². The predicted octanol–water partition coefficient (Wildman–Crippen LogP) is 6.77. The van der Waals surface area contributed by atoms with Crippen LogP contribution in [0, 0.1) is 5.82 Å². The zero-order valence-corrected chi connectivity index (χ0v) is 21.8. The number of rotatable bonds is 10. The average Bonchev–Trinajstić information content (AvgIpc) is 2.90. The van der Waals surface area contributed by atoms with Gasteiger partial charge in [-0.25, -0.2) is 4.39 Å². The van der Waals surface area contributed by atoms with Crippen molar-refractivity contribution in [1.82, 2.24) is 5.32 Å². The lowest BCUT2D eigenvalue weighted by molar-refractivity contribution is -0.114. The monoisotopic (exact) mass is 520 g/mol. The molecule has 0 radical (unpaired) electrons. The standard InChI is InChI=1S/C29H29FN2O2S2/c1-2-17-35-18-7-16-31-28(33)22-14-12-21(13-15-22)19-27-29(34)32(20-23-8-3-4-9-24(23)30)25-10-5-6-11-26(25)36-27/h3-6,8-15,19H,2,7,16-18,20H2,1H3,(H,31,33)/b27-19+. The number of hydrogen-bond acceptors (Lipinski definition) is 4. The third-order valence-corrected chi connectivity index (χ3v) is 8.04. The maximum atomic E-state index is 14.4. The van der Waals surface area contributed by atoms with E-state index in [9.17, 15) is 14.0 Å². The van der Waals surface area contributed by atoms with Gasteiger partial charge in [0.25, 0.3) is 11.8 Å². The molecule has 0 aliphatic carbocycles. The third kappa shape index (κ3) is 6.59. The van der Waals surface area contributed by atoms with Crippen LogP contribution in [0.15, 0.2) is 82.6 Å². The Morgan fingerprint density at radius 2 is 1.78 bits per heavy atom. The van der Waals surface area contributed by atoms with E-state index >= 15 is 0 Å². The first-order chi connectivity index (χ1) is 17.6. The number of halogens is 1. The van der Waals surface area contributed by atoms with Crippen molar-refractivity contribution < 1.29 is 14.0 Å². The topological polar surface area (TPSA) is 49.4 Å². The molecule has 0 saturated heterocycles. The normalized spacial score (nSPS) is 14.1. The number of para-hydroxylation sites is 1. The molecule has 1 aliphatic heterocycles. The van der Waals surface area contributed by atoms with Crippen LogP contribution >= 0.6 is 23.5 Å². The quantitative estimate of drug-likeness (QED) is 0.237. The Morgan fingerprint density at radius 3 is 2.56 bits per heavy atom. The first-order valence-electron chi connectivity index (χ1n) is 12.1. The number of hydrogen-bond donors (Lipinski definition) is 1. The molecule has 1 aliphatic rings. The van der Waals surface area contributed by atoms with Crippen molar-refractivity contribution in [1.29, 1.82) is 0 Å². The smallest absolute Gasteiger partial charge is 0.265 e. The molecule has 0 saturated carbocycles. The van der Waals surface area contributed by atoms with E-state index in [0.717, 1.165) is 34.1 Å². The Balaban J connectivity index is 1.47. The Morgan fingerprint density at radius 1 is 1.03 bits per heavy atom. The number of nitrogens with one attached hydrogen (secondary N) is 1. The highest BCUT2D eigenvalue weighted by molar-refractivity contribution is 8.04. The van der Waals surface area contributed by atoms with Crippen molar-refractivity contribution in [3.63, 3.8) is 0 Å². The molecule has 36 heavy (non-hydrogen) atoms. The molecular weight excluding hydrogens is 491 g/mol. The number of anilines is 1. The largest absolute Gasteiger partial charge is 0.352 e. The lowest BCUT2D eigenvalue weighted by Crippen LogP contribution is -2.34. The van der Waals surface area contributed by atoms with Gasteiger partial charge in [0.05, 0.1) is 17.1 Å². The Hall–Kier alpha value is -3.03. The molecule has 4 nitrogen and oxygen atoms in total. The van der Waals surface area contributed by atoms with E-state index in [1.807, 2.05) is 54.2 Å². The van der Waals surface area contributed by atoms with Crippen LogP contribution in [-0.4, -0.2) is 29.9 Å². The molecule has 4 rings (SSSR count). The van der Waals surface area contributed by atoms with Crippen LogP contribution in [-0.2, 0) is 11.3 Å². The fourth-order valence-electron chi connectivity index (χ4n) is 3.82. The van der Waals surface area contributed by atoms with Gasteiger partial charge >= 0.3 is 0 Å². The van der Waals surface area contributed by atoms with Gasteiger partial charge in [-0.15, -0.1) is 0 Å². The van der Waals surface area contributed by atoms with Crippen molar-refractivity contribution in [2.75, 3.05) is 23.0 Å². The van der Waals surface area contributed by atoms with Crippen LogP contribution in [0.25, 0.3) is 6.08 Å². The third-order valence-electron chi connectivity index (χ3n) is 5.69. The molecular formula is C29H29FN2O2S2. The molecule has 7 heteroatoms. The molecule has 3 aromatic carbocycles. The van der Waals surface area contributed by atoms with Crippen molar-refractivity contribution in [2.24, 2.45) is 0 Å². The first kappa shape index (κ1) is 26.0. The number of nitrogens with zero attached hydrogens (tertiary/aromatic N) is 1. The van der Waals surface area contributed by atoms with Gasteiger partial charge in [0, 0.05) is 22.6 Å². The van der Waals surface area contributed by atoms with E-state index in [1.54, 1.807) is 35.2 Å². The molecule has 1 heterocycles. The number of carbonyl (C=O) groups is 2. The van der Waals surface area contributed by atoms with Gasteiger partial charge in [-0.1, -0.05) is 61.2 Å². The van der Waals surface area contributed by atoms with Crippen molar-refractivity contribution >= 4 is 47.1 Å². The average molecular weight is 521 g/mol. The van der Waals surface area contributed by atoms with Crippen LogP contribution in [0.3, 0.4) is 0 Å². The van der Waals surface area contributed by atoms with Gasteiger partial charge in [0.15, 0.2) is 0 Å². The number of fused-ring (bicyclic) bond motifs is 1. The minimum atomic E-state index is -0.333. The molecule has 0 spiro atoms. The maximum Gasteiger partial charge on any atom is 0.265 e. The van der Waals surface area contributed by atoms with Crippen LogP contribution in [0.5, 0.6) is 0 Å². The molecule has 0 atom stereocenters. The lowest BCUT2D eigenvalue weighted by Gasteiger charge is -2.30. The molecule has 2 amide bonds. The van der Waals surface area contributed by atoms with Crippen molar-refractivity contribution in [2.45, 2.75) is 31.2 Å². The van der Waals surface area contributed by atoms with Crippen LogP contribution < -0.4 is 10.2 Å². The minimum absolute atomic E-state index is 0.0946. The number of benzene rings is 3. The second kappa shape index (κ2) is 12.8. The van der Waals surface area contributed by atoms with Crippen LogP contribution in [0.2, 0.25) is 0 Å². The second-order valence-electron chi connectivity index (χ2n) is 8.40. The summed E-state index contributed by atoms with van der Waals surface area (Å²) < 4.78 is 14.4. The summed E-state index contributed by atoms with van der Waals surface area (Å²) in [5.74, 6) is 1.59. The van der Waals surface area contributed by atoms with Crippen LogP contribution in [0.4, 0.5) is 10.1 Å². The van der Waals surface area contributed by atoms with E-state index in [1.165, 1.54) is 24.2 Å². The van der Waals surface area contributed by atoms with Gasteiger partial charge < -0.3 is 10.2 Å². The SMILES string of the molecule is CCCSCCCNC(=O)c1ccc(/C=C2/Sc3ccccc3N(Cc3ccccc3F)C2=O)cc1. The van der Waals surface area contributed by atoms with Crippen LogP contribution in [0.1, 0.15) is 41.3 Å². The summed E-state index contributed by atoms with van der Waals surface area (Å²) in [5, 5.41) is 2.97. The van der Waals surface area contributed by atoms with Crippen molar-refractivity contribution in [3.8, 4) is 0 Å². The van der Waals surface area contributed by atoms with Gasteiger partial charge in [-0.3, -0.25) is 9.59 Å². The molecule has 1 N–H and O–H groups in total. The zero-order valence-electron chi connectivity index (χ0n) is 20.2. The number of thioether (sulfide) groups is 2. The summed E-state index contributed by atoms with van der Waals surface area (Å²) in [6.45, 7) is 2.97. The second-order valence-corrected chi connectivity index (χ2v) is 10.7. The zero-order chi connectivity index (χ0) is 25.3. The summed E-state index contributed by atoms with van der Waals surface area (Å²) in [5.41, 5.74) is 2.65. The van der Waals surface area contributed by atoms with Gasteiger partial charge in [-0.2, -0.15) is 11.8 Å². The summed E-state index contributed by atoms with van der Waals surface area (Å²) in [4.78, 5) is 29.0. The van der Waals surface area contributed by atoms with E-state index in [2.05, 4.69) is 12.2 Å². The predicted molar refractivity (Wildman–Crippen MR) is 149 cm³/mol. The molecule has 0 unspecified atom stereocenters. The highest BCUT2D eigenvalue weighted by Crippen LogP contribution is 2.42. The van der Waals surface area contributed by atoms with E-state index in [0.29, 0.717) is 22.6 Å². The molecule has 3 aromatic rings. The van der Waals surface area contributed by atoms with E-state index in [-0.39, 0.29) is 24.2 Å². The highest BCUT2D eigenvalue weighted by atomic mass is 32.2. The maximum absolute atomic E-state index is 14.4. The van der Waals surface area contributed by atoms with E-state index in [4.69, 9.17) is 0 Å². The minimum Gasteiger partial charge on any atom is -0.352 e. The Labute approximate surface area is 220 Å². The first-order valence-corrected chi connectivity index (χ1v) is 14.0. The number of carbonyl (C=O) groups excluding carboxylic acids is 2. The Kier molecular flexibility index (Phi) is 9.25. The van der Waals surface area contributed by atoms with E-state index < -0.39 is 0 Å². The summed E-state index contributed by atoms with van der Waals surface area (Å²) in [7, 11) is 0. The fourth-order valence-corrected chi connectivity index (χ4v) is 5.72. The number of amides is 2. The molecule has 0 fully saturated rings. The molecule has 0 bridgehead atoms. The summed E-state index contributed by atoms with van der Waals surface area (Å²) in [6.07, 6.45) is 3.94. The molecule has 0 aromatic heterocycles. The van der Waals surface area contributed by atoms with Gasteiger partial charge in [-0.05, 0) is 66.3 Å². The summed E-state index contributed by atoms with van der Waals surface area (Å²) in [6, 6.07) is 21.4. The summed E-state index contributed by atoms with van der Waals surface area (Å²) >= 11 is 3.31. The molecule has 186 valence electrons. The highest BCUT2D eigenvalue weighted by Gasteiger charge is 2.29.